The number of amides is 1. The first-order valence-corrected chi connectivity index (χ1v) is 6.96. The zero-order valence-corrected chi connectivity index (χ0v) is 12.2. The molecule has 0 fully saturated rings. The van der Waals surface area contributed by atoms with Crippen molar-refractivity contribution in [1.29, 1.82) is 0 Å². The van der Waals surface area contributed by atoms with Gasteiger partial charge in [0.05, 0.1) is 12.2 Å². The quantitative estimate of drug-likeness (QED) is 0.722. The number of anilines is 1. The van der Waals surface area contributed by atoms with E-state index in [4.69, 9.17) is 16.3 Å². The number of carbonyl (C=O) groups is 1. The van der Waals surface area contributed by atoms with E-state index < -0.39 is 0 Å². The van der Waals surface area contributed by atoms with Crippen LogP contribution in [0.1, 0.15) is 30.6 Å². The Labute approximate surface area is 119 Å². The summed E-state index contributed by atoms with van der Waals surface area (Å²) in [5.41, 5.74) is 1.37. The topological polar surface area (TPSA) is 50.4 Å². The zero-order chi connectivity index (χ0) is 14.1. The molecule has 0 unspecified atom stereocenters. The van der Waals surface area contributed by atoms with E-state index in [1.54, 1.807) is 12.1 Å². The minimum absolute atomic E-state index is 0.138. The number of rotatable bonds is 8. The summed E-state index contributed by atoms with van der Waals surface area (Å²) in [6, 6.07) is 5.28. The first-order valence-electron chi connectivity index (χ1n) is 6.58. The predicted octanol–water partition coefficient (Wildman–Crippen LogP) is 2.93. The van der Waals surface area contributed by atoms with Crippen LogP contribution in [0.2, 0.25) is 5.02 Å². The van der Waals surface area contributed by atoms with E-state index in [0.717, 1.165) is 18.7 Å². The summed E-state index contributed by atoms with van der Waals surface area (Å²) in [5, 5.41) is 6.59. The second-order valence-electron chi connectivity index (χ2n) is 4.07. The van der Waals surface area contributed by atoms with Crippen molar-refractivity contribution in [2.45, 2.75) is 20.3 Å². The predicted molar refractivity (Wildman–Crippen MR) is 79.1 cm³/mol. The second kappa shape index (κ2) is 8.77. The Morgan fingerprint density at radius 1 is 1.32 bits per heavy atom. The van der Waals surface area contributed by atoms with Gasteiger partial charge in [-0.05, 0) is 31.5 Å². The Bertz CT molecular complexity index is 410. The number of halogens is 1. The molecule has 1 rings (SSSR count). The SMILES string of the molecule is CCCNc1ccc(Cl)cc1C(=O)NCCOCC. The van der Waals surface area contributed by atoms with Crippen LogP contribution in [0.4, 0.5) is 5.69 Å². The average molecular weight is 285 g/mol. The molecule has 1 aromatic carbocycles. The van der Waals surface area contributed by atoms with E-state index in [1.165, 1.54) is 0 Å². The molecule has 106 valence electrons. The van der Waals surface area contributed by atoms with E-state index in [2.05, 4.69) is 17.6 Å². The van der Waals surface area contributed by atoms with Crippen molar-refractivity contribution in [1.82, 2.24) is 5.32 Å². The first kappa shape index (κ1) is 15.8. The lowest BCUT2D eigenvalue weighted by Gasteiger charge is -2.12. The van der Waals surface area contributed by atoms with Crippen LogP contribution in [0.25, 0.3) is 0 Å². The van der Waals surface area contributed by atoms with Gasteiger partial charge in [-0.25, -0.2) is 0 Å². The molecule has 19 heavy (non-hydrogen) atoms. The van der Waals surface area contributed by atoms with Crippen molar-refractivity contribution in [3.63, 3.8) is 0 Å². The number of benzene rings is 1. The Kier molecular flexibility index (Phi) is 7.30. The van der Waals surface area contributed by atoms with Crippen molar-refractivity contribution < 1.29 is 9.53 Å². The molecule has 0 radical (unpaired) electrons. The fourth-order valence-electron chi connectivity index (χ4n) is 1.59. The minimum atomic E-state index is -0.138. The van der Waals surface area contributed by atoms with Gasteiger partial charge in [-0.15, -0.1) is 0 Å². The molecule has 2 N–H and O–H groups in total. The maximum Gasteiger partial charge on any atom is 0.253 e. The molecule has 0 saturated heterocycles. The molecule has 0 bridgehead atoms. The molecule has 0 aliphatic heterocycles. The molecule has 5 heteroatoms. The highest BCUT2D eigenvalue weighted by atomic mass is 35.5. The van der Waals surface area contributed by atoms with Crippen LogP contribution in [-0.4, -0.2) is 32.2 Å². The van der Waals surface area contributed by atoms with Crippen LogP contribution in [0.3, 0.4) is 0 Å². The maximum absolute atomic E-state index is 12.1. The van der Waals surface area contributed by atoms with Crippen molar-refractivity contribution in [3.05, 3.63) is 28.8 Å². The molecule has 1 aromatic rings. The van der Waals surface area contributed by atoms with Crippen LogP contribution in [0, 0.1) is 0 Å². The van der Waals surface area contributed by atoms with Gasteiger partial charge >= 0.3 is 0 Å². The monoisotopic (exact) mass is 284 g/mol. The molecule has 0 spiro atoms. The normalized spacial score (nSPS) is 10.3. The van der Waals surface area contributed by atoms with Crippen LogP contribution in [-0.2, 0) is 4.74 Å². The highest BCUT2D eigenvalue weighted by Crippen LogP contribution is 2.20. The van der Waals surface area contributed by atoms with Gasteiger partial charge in [0.2, 0.25) is 0 Å². The van der Waals surface area contributed by atoms with E-state index in [1.807, 2.05) is 13.0 Å². The zero-order valence-electron chi connectivity index (χ0n) is 11.5. The Morgan fingerprint density at radius 3 is 2.79 bits per heavy atom. The molecule has 4 nitrogen and oxygen atoms in total. The summed E-state index contributed by atoms with van der Waals surface area (Å²) in [5.74, 6) is -0.138. The molecular weight excluding hydrogens is 264 g/mol. The van der Waals surface area contributed by atoms with Gasteiger partial charge in [0.25, 0.3) is 5.91 Å². The van der Waals surface area contributed by atoms with Crippen molar-refractivity contribution in [2.24, 2.45) is 0 Å². The Hall–Kier alpha value is -1.26. The maximum atomic E-state index is 12.1. The van der Waals surface area contributed by atoms with Crippen LogP contribution < -0.4 is 10.6 Å². The third kappa shape index (κ3) is 5.49. The molecular formula is C14H21ClN2O2. The van der Waals surface area contributed by atoms with Crippen LogP contribution >= 0.6 is 11.6 Å². The van der Waals surface area contributed by atoms with Gasteiger partial charge in [-0.3, -0.25) is 4.79 Å². The summed E-state index contributed by atoms with van der Waals surface area (Å²) in [6.45, 7) is 6.47. The fraction of sp³-hybridized carbons (Fsp3) is 0.500. The van der Waals surface area contributed by atoms with E-state index in [-0.39, 0.29) is 5.91 Å². The summed E-state index contributed by atoms with van der Waals surface area (Å²) in [7, 11) is 0. The number of hydrogen-bond acceptors (Lipinski definition) is 3. The molecule has 0 aromatic heterocycles. The summed E-state index contributed by atoms with van der Waals surface area (Å²) in [6.07, 6.45) is 0.994. The standard InChI is InChI=1S/C14H21ClN2O2/c1-3-7-16-13-6-5-11(15)10-12(13)14(18)17-8-9-19-4-2/h5-6,10,16H,3-4,7-9H2,1-2H3,(H,17,18). The number of hydrogen-bond donors (Lipinski definition) is 2. The van der Waals surface area contributed by atoms with E-state index in [9.17, 15) is 4.79 Å². The summed E-state index contributed by atoms with van der Waals surface area (Å²) < 4.78 is 5.18. The lowest BCUT2D eigenvalue weighted by Crippen LogP contribution is -2.28. The molecule has 0 saturated carbocycles. The van der Waals surface area contributed by atoms with Crippen molar-refractivity contribution in [2.75, 3.05) is 31.6 Å². The average Bonchev–Trinajstić information content (AvgIpc) is 2.42. The number of ether oxygens (including phenoxy) is 1. The van der Waals surface area contributed by atoms with Gasteiger partial charge in [0, 0.05) is 30.4 Å². The van der Waals surface area contributed by atoms with Gasteiger partial charge in [0.1, 0.15) is 0 Å². The van der Waals surface area contributed by atoms with E-state index >= 15 is 0 Å². The molecule has 0 atom stereocenters. The smallest absolute Gasteiger partial charge is 0.253 e. The van der Waals surface area contributed by atoms with Crippen molar-refractivity contribution in [3.8, 4) is 0 Å². The van der Waals surface area contributed by atoms with Crippen LogP contribution in [0.5, 0.6) is 0 Å². The lowest BCUT2D eigenvalue weighted by molar-refractivity contribution is 0.0923. The number of nitrogens with one attached hydrogen (secondary N) is 2. The number of carbonyl (C=O) groups excluding carboxylic acids is 1. The summed E-state index contributed by atoms with van der Waals surface area (Å²) in [4.78, 5) is 12.1. The first-order chi connectivity index (χ1) is 9.19. The molecule has 0 aliphatic carbocycles. The summed E-state index contributed by atoms with van der Waals surface area (Å²) >= 11 is 5.95. The minimum Gasteiger partial charge on any atom is -0.384 e. The third-order valence-corrected chi connectivity index (χ3v) is 2.76. The van der Waals surface area contributed by atoms with Gasteiger partial charge in [-0.2, -0.15) is 0 Å². The fourth-order valence-corrected chi connectivity index (χ4v) is 1.77. The van der Waals surface area contributed by atoms with Gasteiger partial charge in [0.15, 0.2) is 0 Å². The van der Waals surface area contributed by atoms with Crippen molar-refractivity contribution >= 4 is 23.2 Å². The van der Waals surface area contributed by atoms with Gasteiger partial charge in [-0.1, -0.05) is 18.5 Å². The second-order valence-corrected chi connectivity index (χ2v) is 4.51. The van der Waals surface area contributed by atoms with E-state index in [0.29, 0.717) is 30.3 Å². The molecule has 0 heterocycles. The van der Waals surface area contributed by atoms with Gasteiger partial charge < -0.3 is 15.4 Å². The molecule has 0 aliphatic rings. The Balaban J connectivity index is 2.67. The Morgan fingerprint density at radius 2 is 2.11 bits per heavy atom. The molecule has 1 amide bonds. The highest BCUT2D eigenvalue weighted by Gasteiger charge is 2.11. The lowest BCUT2D eigenvalue weighted by atomic mass is 10.1. The third-order valence-electron chi connectivity index (χ3n) is 2.53. The highest BCUT2D eigenvalue weighted by molar-refractivity contribution is 6.31. The van der Waals surface area contributed by atoms with Crippen LogP contribution in [0.15, 0.2) is 18.2 Å². The largest absolute Gasteiger partial charge is 0.384 e.